The van der Waals surface area contributed by atoms with Crippen molar-refractivity contribution in [1.82, 2.24) is 9.97 Å². The van der Waals surface area contributed by atoms with Crippen LogP contribution >= 0.6 is 15.9 Å². The van der Waals surface area contributed by atoms with E-state index in [1.165, 1.54) is 12.3 Å². The molecular formula is C17H15BrFN5O2S. The third-order valence-corrected chi connectivity index (χ3v) is 4.51. The van der Waals surface area contributed by atoms with Crippen LogP contribution < -0.4 is 15.4 Å². The predicted molar refractivity (Wildman–Crippen MR) is 108 cm³/mol. The lowest BCUT2D eigenvalue weighted by Crippen LogP contribution is -2.11. The van der Waals surface area contributed by atoms with Crippen LogP contribution in [0.2, 0.25) is 0 Å². The van der Waals surface area contributed by atoms with Gasteiger partial charge >= 0.3 is 0 Å². The summed E-state index contributed by atoms with van der Waals surface area (Å²) in [4.78, 5) is 8.43. The molecule has 0 bridgehead atoms. The van der Waals surface area contributed by atoms with E-state index in [-0.39, 0.29) is 11.6 Å². The minimum absolute atomic E-state index is 0.180. The Balaban J connectivity index is 1.89. The third kappa shape index (κ3) is 5.14. The Kier molecular flexibility index (Phi) is 5.57. The summed E-state index contributed by atoms with van der Waals surface area (Å²) in [7, 11) is -3.44. The van der Waals surface area contributed by atoms with Crippen LogP contribution in [0.5, 0.6) is 0 Å². The van der Waals surface area contributed by atoms with Crippen LogP contribution in [0.25, 0.3) is 0 Å². The first kappa shape index (κ1) is 19.1. The van der Waals surface area contributed by atoms with E-state index in [9.17, 15) is 12.8 Å². The van der Waals surface area contributed by atoms with Gasteiger partial charge in [0, 0.05) is 6.20 Å². The van der Waals surface area contributed by atoms with Gasteiger partial charge in [-0.1, -0.05) is 24.3 Å². The molecule has 0 aliphatic carbocycles. The number of hydrogen-bond acceptors (Lipinski definition) is 6. The van der Waals surface area contributed by atoms with E-state index in [0.29, 0.717) is 21.7 Å². The molecule has 140 valence electrons. The van der Waals surface area contributed by atoms with Crippen molar-refractivity contribution in [2.24, 2.45) is 0 Å². The van der Waals surface area contributed by atoms with Crippen LogP contribution in [-0.4, -0.2) is 24.6 Å². The molecular weight excluding hydrogens is 437 g/mol. The van der Waals surface area contributed by atoms with Crippen molar-refractivity contribution in [2.45, 2.75) is 0 Å². The second kappa shape index (κ2) is 7.89. The van der Waals surface area contributed by atoms with Gasteiger partial charge < -0.3 is 10.6 Å². The van der Waals surface area contributed by atoms with E-state index in [4.69, 9.17) is 0 Å². The van der Waals surface area contributed by atoms with Gasteiger partial charge in [-0.15, -0.1) is 0 Å². The average Bonchev–Trinajstić information content (AvgIpc) is 2.60. The number of anilines is 5. The Morgan fingerprint density at radius 2 is 1.59 bits per heavy atom. The van der Waals surface area contributed by atoms with Crippen LogP contribution in [-0.2, 0) is 10.0 Å². The molecule has 7 nitrogen and oxygen atoms in total. The van der Waals surface area contributed by atoms with Crippen LogP contribution in [0, 0.1) is 5.82 Å². The number of hydrogen-bond donors (Lipinski definition) is 3. The lowest BCUT2D eigenvalue weighted by atomic mass is 10.2. The van der Waals surface area contributed by atoms with E-state index < -0.39 is 15.8 Å². The number of aromatic nitrogens is 2. The maximum atomic E-state index is 13.8. The molecule has 0 radical (unpaired) electrons. The van der Waals surface area contributed by atoms with Crippen LogP contribution in [0.1, 0.15) is 0 Å². The monoisotopic (exact) mass is 451 g/mol. The van der Waals surface area contributed by atoms with Gasteiger partial charge in [-0.2, -0.15) is 4.98 Å². The molecule has 0 spiro atoms. The molecule has 0 atom stereocenters. The quantitative estimate of drug-likeness (QED) is 0.518. The summed E-state index contributed by atoms with van der Waals surface area (Å²) < 4.78 is 39.9. The van der Waals surface area contributed by atoms with E-state index in [2.05, 4.69) is 41.3 Å². The van der Waals surface area contributed by atoms with E-state index >= 15 is 0 Å². The van der Waals surface area contributed by atoms with Crippen LogP contribution in [0.4, 0.5) is 33.2 Å². The maximum Gasteiger partial charge on any atom is 0.229 e. The summed E-state index contributed by atoms with van der Waals surface area (Å²) in [6, 6.07) is 13.0. The Morgan fingerprint density at radius 1 is 0.963 bits per heavy atom. The second-order valence-corrected chi connectivity index (χ2v) is 8.14. The Morgan fingerprint density at radius 3 is 2.26 bits per heavy atom. The van der Waals surface area contributed by atoms with Crippen molar-refractivity contribution < 1.29 is 12.8 Å². The zero-order chi connectivity index (χ0) is 19.4. The van der Waals surface area contributed by atoms with Crippen LogP contribution in [0.3, 0.4) is 0 Å². The summed E-state index contributed by atoms with van der Waals surface area (Å²) in [5, 5.41) is 5.85. The van der Waals surface area contributed by atoms with Gasteiger partial charge in [-0.3, -0.25) is 4.72 Å². The van der Waals surface area contributed by atoms with Gasteiger partial charge in [0.15, 0.2) is 0 Å². The largest absolute Gasteiger partial charge is 0.337 e. The van der Waals surface area contributed by atoms with Crippen molar-refractivity contribution in [2.75, 3.05) is 21.6 Å². The Bertz CT molecular complexity index is 1080. The minimum atomic E-state index is -3.44. The molecule has 1 heterocycles. The number of halogens is 2. The molecule has 27 heavy (non-hydrogen) atoms. The summed E-state index contributed by atoms with van der Waals surface area (Å²) in [6.07, 6.45) is 2.58. The average molecular weight is 452 g/mol. The molecule has 1 aromatic heterocycles. The summed E-state index contributed by atoms with van der Waals surface area (Å²) in [6.45, 7) is 0. The summed E-state index contributed by atoms with van der Waals surface area (Å²) in [5.74, 6) is 0.132. The van der Waals surface area contributed by atoms with E-state index in [0.717, 1.165) is 6.26 Å². The van der Waals surface area contributed by atoms with E-state index in [1.54, 1.807) is 42.5 Å². The van der Waals surface area contributed by atoms with Gasteiger partial charge in [-0.25, -0.2) is 17.8 Å². The highest BCUT2D eigenvalue weighted by Crippen LogP contribution is 2.30. The highest BCUT2D eigenvalue weighted by Gasteiger charge is 2.11. The smallest absolute Gasteiger partial charge is 0.229 e. The number of nitrogens with one attached hydrogen (secondary N) is 3. The number of benzene rings is 2. The first-order valence-electron chi connectivity index (χ1n) is 7.70. The fourth-order valence-electron chi connectivity index (χ4n) is 2.21. The highest BCUT2D eigenvalue weighted by molar-refractivity contribution is 9.10. The molecule has 2 aromatic carbocycles. The van der Waals surface area contributed by atoms with Gasteiger partial charge in [-0.05, 0) is 40.2 Å². The minimum Gasteiger partial charge on any atom is -0.337 e. The van der Waals surface area contributed by atoms with Gasteiger partial charge in [0.2, 0.25) is 16.0 Å². The number of sulfonamides is 1. The van der Waals surface area contributed by atoms with Crippen molar-refractivity contribution in [3.63, 3.8) is 0 Å². The fourth-order valence-corrected chi connectivity index (χ4v) is 3.07. The third-order valence-electron chi connectivity index (χ3n) is 3.34. The molecule has 0 amide bonds. The van der Waals surface area contributed by atoms with Crippen molar-refractivity contribution >= 4 is 54.8 Å². The lowest BCUT2D eigenvalue weighted by molar-refractivity contribution is 0.607. The molecule has 10 heteroatoms. The fraction of sp³-hybridized carbons (Fsp3) is 0.0588. The normalized spacial score (nSPS) is 11.1. The number of rotatable bonds is 6. The maximum absolute atomic E-state index is 13.8. The second-order valence-electron chi connectivity index (χ2n) is 5.54. The molecule has 0 aliphatic heterocycles. The van der Waals surface area contributed by atoms with Crippen molar-refractivity contribution in [1.29, 1.82) is 0 Å². The number of para-hydroxylation sites is 3. The SMILES string of the molecule is CS(=O)(=O)Nc1ccccc1Nc1nc(Nc2ccccc2F)ncc1Br. The zero-order valence-corrected chi connectivity index (χ0v) is 16.5. The molecule has 0 saturated carbocycles. The molecule has 0 fully saturated rings. The molecule has 0 unspecified atom stereocenters. The summed E-state index contributed by atoms with van der Waals surface area (Å²) in [5.41, 5.74) is 1.11. The Hall–Kier alpha value is -2.72. The molecule has 3 rings (SSSR count). The van der Waals surface area contributed by atoms with Crippen molar-refractivity contribution in [3.05, 3.63) is 65.0 Å². The van der Waals surface area contributed by atoms with Gasteiger partial charge in [0.25, 0.3) is 0 Å². The summed E-state index contributed by atoms with van der Waals surface area (Å²) >= 11 is 3.35. The van der Waals surface area contributed by atoms with Gasteiger partial charge in [0.05, 0.1) is 27.8 Å². The molecule has 3 aromatic rings. The van der Waals surface area contributed by atoms with Crippen LogP contribution in [0.15, 0.2) is 59.2 Å². The predicted octanol–water partition coefficient (Wildman–Crippen LogP) is 4.24. The first-order chi connectivity index (χ1) is 12.8. The zero-order valence-electron chi connectivity index (χ0n) is 14.1. The molecule has 0 saturated heterocycles. The molecule has 3 N–H and O–H groups in total. The highest BCUT2D eigenvalue weighted by atomic mass is 79.9. The van der Waals surface area contributed by atoms with Crippen molar-refractivity contribution in [3.8, 4) is 0 Å². The number of nitrogens with zero attached hydrogens (tertiary/aromatic N) is 2. The standard InChI is InChI=1S/C17H15BrFN5O2S/c1-27(25,26)24-15-9-5-4-8-14(15)21-16-11(18)10-20-17(23-16)22-13-7-3-2-6-12(13)19/h2-10,24H,1H3,(H2,20,21,22,23). The van der Waals surface area contributed by atoms with Gasteiger partial charge in [0.1, 0.15) is 11.6 Å². The first-order valence-corrected chi connectivity index (χ1v) is 10.4. The Labute approximate surface area is 164 Å². The van der Waals surface area contributed by atoms with E-state index in [1.807, 2.05) is 0 Å². The lowest BCUT2D eigenvalue weighted by Gasteiger charge is -2.14. The topological polar surface area (TPSA) is 96.0 Å². The molecule has 0 aliphatic rings.